The molecule has 1 aromatic carbocycles. The maximum absolute atomic E-state index is 13.0. The van der Waals surface area contributed by atoms with Crippen LogP contribution in [-0.2, 0) is 11.8 Å². The summed E-state index contributed by atoms with van der Waals surface area (Å²) in [6, 6.07) is 5.39. The standard InChI is InChI=1S/C15H18FN5O2S/c1-4-17-14(23)18-13(22)9(2)24-15-20-19-12(21(15)3)10-5-7-11(16)8-6-10/h5-9H,4H2,1-3H3,(H2,17,18,22,23). The van der Waals surface area contributed by atoms with Gasteiger partial charge in [-0.3, -0.25) is 10.1 Å². The Morgan fingerprint density at radius 3 is 2.58 bits per heavy atom. The maximum atomic E-state index is 13.0. The first-order chi connectivity index (χ1) is 11.4. The molecule has 0 aliphatic heterocycles. The second-order valence-electron chi connectivity index (χ2n) is 4.98. The first-order valence-electron chi connectivity index (χ1n) is 7.33. The lowest BCUT2D eigenvalue weighted by Gasteiger charge is -2.11. The third kappa shape index (κ3) is 4.31. The molecular weight excluding hydrogens is 333 g/mol. The highest BCUT2D eigenvalue weighted by Gasteiger charge is 2.20. The number of aromatic nitrogens is 3. The molecule has 2 N–H and O–H groups in total. The third-order valence-electron chi connectivity index (χ3n) is 3.16. The molecule has 0 aliphatic carbocycles. The van der Waals surface area contributed by atoms with Crippen LogP contribution in [0.1, 0.15) is 13.8 Å². The zero-order valence-corrected chi connectivity index (χ0v) is 14.4. The van der Waals surface area contributed by atoms with Crippen molar-refractivity contribution in [2.24, 2.45) is 7.05 Å². The van der Waals surface area contributed by atoms with Gasteiger partial charge in [0.05, 0.1) is 5.25 Å². The summed E-state index contributed by atoms with van der Waals surface area (Å²) in [5, 5.41) is 12.9. The molecule has 9 heteroatoms. The van der Waals surface area contributed by atoms with Crippen LogP contribution in [0.5, 0.6) is 0 Å². The highest BCUT2D eigenvalue weighted by molar-refractivity contribution is 8.00. The number of thioether (sulfide) groups is 1. The zero-order chi connectivity index (χ0) is 17.7. The van der Waals surface area contributed by atoms with E-state index in [0.29, 0.717) is 17.5 Å². The first kappa shape index (κ1) is 17.9. The lowest BCUT2D eigenvalue weighted by Crippen LogP contribution is -2.42. The molecule has 1 heterocycles. The Morgan fingerprint density at radius 2 is 1.96 bits per heavy atom. The molecule has 2 rings (SSSR count). The Bertz CT molecular complexity index is 732. The lowest BCUT2D eigenvalue weighted by molar-refractivity contribution is -0.119. The van der Waals surface area contributed by atoms with Gasteiger partial charge in [0.15, 0.2) is 11.0 Å². The average Bonchev–Trinajstić information content (AvgIpc) is 2.89. The molecule has 7 nitrogen and oxygen atoms in total. The van der Waals surface area contributed by atoms with Crippen molar-refractivity contribution in [1.82, 2.24) is 25.4 Å². The number of urea groups is 1. The SMILES string of the molecule is CCNC(=O)NC(=O)C(C)Sc1nnc(-c2ccc(F)cc2)n1C. The van der Waals surface area contributed by atoms with Gasteiger partial charge < -0.3 is 9.88 Å². The van der Waals surface area contributed by atoms with Gasteiger partial charge in [-0.25, -0.2) is 9.18 Å². The smallest absolute Gasteiger partial charge is 0.321 e. The molecule has 0 fully saturated rings. The van der Waals surface area contributed by atoms with Crippen molar-refractivity contribution in [1.29, 1.82) is 0 Å². The van der Waals surface area contributed by atoms with Gasteiger partial charge in [0.25, 0.3) is 0 Å². The molecule has 0 spiro atoms. The summed E-state index contributed by atoms with van der Waals surface area (Å²) in [6.07, 6.45) is 0. The van der Waals surface area contributed by atoms with Gasteiger partial charge in [-0.05, 0) is 38.1 Å². The van der Waals surface area contributed by atoms with Crippen LogP contribution in [0.2, 0.25) is 0 Å². The molecule has 0 saturated carbocycles. The van der Waals surface area contributed by atoms with E-state index in [4.69, 9.17) is 0 Å². The van der Waals surface area contributed by atoms with Gasteiger partial charge in [0.2, 0.25) is 5.91 Å². The fourth-order valence-electron chi connectivity index (χ4n) is 1.90. The first-order valence-corrected chi connectivity index (χ1v) is 8.21. The Hall–Kier alpha value is -2.42. The maximum Gasteiger partial charge on any atom is 0.321 e. The summed E-state index contributed by atoms with van der Waals surface area (Å²) in [4.78, 5) is 23.3. The highest BCUT2D eigenvalue weighted by atomic mass is 32.2. The van der Waals surface area contributed by atoms with Gasteiger partial charge in [-0.1, -0.05) is 11.8 Å². The second kappa shape index (κ2) is 7.91. The molecule has 0 radical (unpaired) electrons. The normalized spacial score (nSPS) is 11.8. The van der Waals surface area contributed by atoms with Crippen molar-refractivity contribution in [3.63, 3.8) is 0 Å². The van der Waals surface area contributed by atoms with Crippen molar-refractivity contribution >= 4 is 23.7 Å². The molecule has 128 valence electrons. The Labute approximate surface area is 143 Å². The molecule has 0 aliphatic rings. The van der Waals surface area contributed by atoms with E-state index >= 15 is 0 Å². The minimum absolute atomic E-state index is 0.328. The van der Waals surface area contributed by atoms with E-state index in [2.05, 4.69) is 20.8 Å². The third-order valence-corrected chi connectivity index (χ3v) is 4.30. The average molecular weight is 351 g/mol. The van der Waals surface area contributed by atoms with E-state index in [1.165, 1.54) is 23.9 Å². The van der Waals surface area contributed by atoms with Crippen LogP contribution in [0.4, 0.5) is 9.18 Å². The number of carbonyl (C=O) groups is 2. The minimum atomic E-state index is -0.531. The molecule has 1 aromatic heterocycles. The van der Waals surface area contributed by atoms with Crippen LogP contribution in [0.25, 0.3) is 11.4 Å². The molecule has 3 amide bonds. The van der Waals surface area contributed by atoms with Gasteiger partial charge in [0, 0.05) is 19.2 Å². The topological polar surface area (TPSA) is 88.9 Å². The molecule has 2 aromatic rings. The molecular formula is C15H18FN5O2S. The monoisotopic (exact) mass is 351 g/mol. The summed E-state index contributed by atoms with van der Waals surface area (Å²) in [5.41, 5.74) is 0.720. The quantitative estimate of drug-likeness (QED) is 0.804. The number of imide groups is 1. The Kier molecular flexibility index (Phi) is 5.91. The Balaban J connectivity index is 2.07. The number of nitrogens with one attached hydrogen (secondary N) is 2. The van der Waals surface area contributed by atoms with E-state index in [9.17, 15) is 14.0 Å². The number of hydrogen-bond acceptors (Lipinski definition) is 5. The number of amides is 3. The number of rotatable bonds is 5. The van der Waals surface area contributed by atoms with E-state index in [1.807, 2.05) is 0 Å². The van der Waals surface area contributed by atoms with Crippen LogP contribution in [0, 0.1) is 5.82 Å². The minimum Gasteiger partial charge on any atom is -0.338 e. The number of nitrogens with zero attached hydrogens (tertiary/aromatic N) is 3. The summed E-state index contributed by atoms with van der Waals surface area (Å²) >= 11 is 1.18. The van der Waals surface area contributed by atoms with E-state index < -0.39 is 17.2 Å². The predicted octanol–water partition coefficient (Wildman–Crippen LogP) is 1.95. The summed E-state index contributed by atoms with van der Waals surface area (Å²) in [5.74, 6) is -0.183. The summed E-state index contributed by atoms with van der Waals surface area (Å²) in [7, 11) is 1.76. The molecule has 0 saturated heterocycles. The van der Waals surface area contributed by atoms with Crippen molar-refractivity contribution in [2.45, 2.75) is 24.3 Å². The molecule has 1 unspecified atom stereocenters. The zero-order valence-electron chi connectivity index (χ0n) is 13.5. The van der Waals surface area contributed by atoms with E-state index in [1.54, 1.807) is 37.6 Å². The van der Waals surface area contributed by atoms with Gasteiger partial charge in [-0.2, -0.15) is 0 Å². The molecule has 0 bridgehead atoms. The van der Waals surface area contributed by atoms with Gasteiger partial charge >= 0.3 is 6.03 Å². The van der Waals surface area contributed by atoms with Crippen molar-refractivity contribution < 1.29 is 14.0 Å². The fraction of sp³-hybridized carbons (Fsp3) is 0.333. The molecule has 24 heavy (non-hydrogen) atoms. The van der Waals surface area contributed by atoms with Crippen LogP contribution in [0.3, 0.4) is 0 Å². The van der Waals surface area contributed by atoms with Crippen molar-refractivity contribution in [3.05, 3.63) is 30.1 Å². The lowest BCUT2D eigenvalue weighted by atomic mass is 10.2. The fourth-order valence-corrected chi connectivity index (χ4v) is 2.71. The van der Waals surface area contributed by atoms with E-state index in [0.717, 1.165) is 5.56 Å². The van der Waals surface area contributed by atoms with E-state index in [-0.39, 0.29) is 5.82 Å². The molecule has 1 atom stereocenters. The predicted molar refractivity (Wildman–Crippen MR) is 88.9 cm³/mol. The van der Waals surface area contributed by atoms with Crippen molar-refractivity contribution in [2.75, 3.05) is 6.54 Å². The van der Waals surface area contributed by atoms with Gasteiger partial charge in [0.1, 0.15) is 5.82 Å². The second-order valence-corrected chi connectivity index (χ2v) is 6.29. The number of hydrogen-bond donors (Lipinski definition) is 2. The van der Waals surface area contributed by atoms with Gasteiger partial charge in [-0.15, -0.1) is 10.2 Å². The van der Waals surface area contributed by atoms with Crippen LogP contribution < -0.4 is 10.6 Å². The van der Waals surface area contributed by atoms with Crippen molar-refractivity contribution in [3.8, 4) is 11.4 Å². The van der Waals surface area contributed by atoms with Crippen LogP contribution in [-0.4, -0.2) is 38.5 Å². The summed E-state index contributed by atoms with van der Waals surface area (Å²) < 4.78 is 14.7. The highest BCUT2D eigenvalue weighted by Crippen LogP contribution is 2.25. The summed E-state index contributed by atoms with van der Waals surface area (Å²) in [6.45, 7) is 3.87. The largest absolute Gasteiger partial charge is 0.338 e. The number of benzene rings is 1. The van der Waals surface area contributed by atoms with Crippen LogP contribution in [0.15, 0.2) is 29.4 Å². The Morgan fingerprint density at radius 1 is 1.29 bits per heavy atom. The van der Waals surface area contributed by atoms with Crippen LogP contribution >= 0.6 is 11.8 Å². The number of halogens is 1. The number of carbonyl (C=O) groups excluding carboxylic acids is 2.